The van der Waals surface area contributed by atoms with Crippen molar-refractivity contribution >= 4 is 0 Å². The molecule has 0 amide bonds. The molecule has 0 aromatic heterocycles. The average molecular weight is 228 g/mol. The van der Waals surface area contributed by atoms with Gasteiger partial charge in [-0.25, -0.2) is 0 Å². The minimum atomic E-state index is 0. The molecule has 0 unspecified atom stereocenters. The van der Waals surface area contributed by atoms with E-state index in [1.165, 1.54) is 30.4 Å². The smallest absolute Gasteiger partial charge is 0.184 e. The zero-order valence-corrected chi connectivity index (χ0v) is 13.9. The molecule has 0 radical (unpaired) electrons. The van der Waals surface area contributed by atoms with Gasteiger partial charge < -0.3 is 0 Å². The zero-order chi connectivity index (χ0) is 11.7. The summed E-state index contributed by atoms with van der Waals surface area (Å²) in [5, 5.41) is 0. The third kappa shape index (κ3) is 10.7. The predicted octanol–water partition coefficient (Wildman–Crippen LogP) is 1.94. The molecule has 0 N–H and O–H groups in total. The van der Waals surface area contributed by atoms with Crippen LogP contribution in [0, 0.1) is 25.8 Å². The maximum absolute atomic E-state index is 3.00. The van der Waals surface area contributed by atoms with Crippen LogP contribution in [0.2, 0.25) is 0 Å². The molecular weight excluding hydrogens is 203 g/mol. The van der Waals surface area contributed by atoms with E-state index in [-0.39, 0.29) is 29.6 Å². The molecule has 0 atom stereocenters. The van der Waals surface area contributed by atoms with Crippen molar-refractivity contribution in [3.05, 3.63) is 35.4 Å². The first kappa shape index (κ1) is 18.6. The largest absolute Gasteiger partial charge is 1.00 e. The van der Waals surface area contributed by atoms with Crippen LogP contribution in [0.25, 0.3) is 0 Å². The van der Waals surface area contributed by atoms with Crippen LogP contribution in [-0.2, 0) is 0 Å². The molecule has 0 spiro atoms. The fraction of sp³-hybridized carbons (Fsp3) is 0.600. The first-order valence-electron chi connectivity index (χ1n) is 6.01. The molecular formula is C15H25Na. The van der Waals surface area contributed by atoms with Gasteiger partial charge in [0.1, 0.15) is 0 Å². The Bertz CT molecular complexity index is 232. The van der Waals surface area contributed by atoms with Gasteiger partial charge in [0.05, 0.1) is 0 Å². The molecule has 86 valence electrons. The molecule has 1 heteroatoms. The Hall–Kier alpha value is 0.220. The van der Waals surface area contributed by atoms with Crippen LogP contribution in [0.3, 0.4) is 0 Å². The number of aryl methyl sites for hydroxylation is 2. The minimum Gasteiger partial charge on any atom is -0.184 e. The molecule has 1 rings (SSSR count). The Morgan fingerprint density at radius 2 is 1.81 bits per heavy atom. The molecule has 16 heavy (non-hydrogen) atoms. The van der Waals surface area contributed by atoms with Crippen LogP contribution in [0.1, 0.15) is 51.2 Å². The van der Waals surface area contributed by atoms with Gasteiger partial charge in [-0.1, -0.05) is 53.9 Å². The zero-order valence-electron chi connectivity index (χ0n) is 11.9. The van der Waals surface area contributed by atoms with E-state index in [1.54, 1.807) is 0 Å². The van der Waals surface area contributed by atoms with Crippen LogP contribution in [0.4, 0.5) is 0 Å². The molecule has 0 nitrogen and oxygen atoms in total. The van der Waals surface area contributed by atoms with E-state index in [9.17, 15) is 0 Å². The Morgan fingerprint density at radius 3 is 2.06 bits per heavy atom. The molecule has 0 bridgehead atoms. The monoisotopic (exact) mass is 228 g/mol. The molecule has 1 aromatic carbocycles. The summed E-state index contributed by atoms with van der Waals surface area (Å²) in [5.41, 5.74) is 2.65. The van der Waals surface area contributed by atoms with Crippen LogP contribution in [0.5, 0.6) is 0 Å². The SMILES string of the molecule is CCCCC(C)C.Cc1c[c-]ccc1C.[Na+]. The van der Waals surface area contributed by atoms with E-state index in [0.717, 1.165) is 5.92 Å². The third-order valence-corrected chi connectivity index (χ3v) is 2.49. The fourth-order valence-electron chi connectivity index (χ4n) is 1.20. The third-order valence-electron chi connectivity index (χ3n) is 2.49. The van der Waals surface area contributed by atoms with Gasteiger partial charge in [0, 0.05) is 0 Å². The van der Waals surface area contributed by atoms with E-state index >= 15 is 0 Å². The summed E-state index contributed by atoms with van der Waals surface area (Å²) in [6.45, 7) is 11.0. The van der Waals surface area contributed by atoms with Gasteiger partial charge in [-0.15, -0.1) is 0 Å². The Labute approximate surface area is 124 Å². The second kappa shape index (κ2) is 11.7. The van der Waals surface area contributed by atoms with E-state index < -0.39 is 0 Å². The number of unbranched alkanes of at least 4 members (excludes halogenated alkanes) is 1. The average Bonchev–Trinajstić information content (AvgIpc) is 2.20. The van der Waals surface area contributed by atoms with Crippen molar-refractivity contribution < 1.29 is 29.6 Å². The summed E-state index contributed by atoms with van der Waals surface area (Å²) < 4.78 is 0. The minimum absolute atomic E-state index is 0. The van der Waals surface area contributed by atoms with E-state index in [2.05, 4.69) is 46.8 Å². The van der Waals surface area contributed by atoms with E-state index in [4.69, 9.17) is 0 Å². The Morgan fingerprint density at radius 1 is 1.19 bits per heavy atom. The normalized spacial score (nSPS) is 9.12. The second-order valence-electron chi connectivity index (χ2n) is 4.55. The molecule has 1 aromatic rings. The Kier molecular flexibility index (Phi) is 13.6. The Balaban J connectivity index is 0. The van der Waals surface area contributed by atoms with Gasteiger partial charge in [-0.05, 0) is 5.92 Å². The topological polar surface area (TPSA) is 0 Å². The van der Waals surface area contributed by atoms with Gasteiger partial charge in [-0.3, -0.25) is 0 Å². The van der Waals surface area contributed by atoms with Crippen molar-refractivity contribution in [3.63, 3.8) is 0 Å². The van der Waals surface area contributed by atoms with Crippen molar-refractivity contribution in [2.45, 2.75) is 53.9 Å². The van der Waals surface area contributed by atoms with Gasteiger partial charge >= 0.3 is 29.6 Å². The molecule has 0 aliphatic rings. The summed E-state index contributed by atoms with van der Waals surface area (Å²) in [5.74, 6) is 0.903. The van der Waals surface area contributed by atoms with Crippen molar-refractivity contribution in [2.75, 3.05) is 0 Å². The van der Waals surface area contributed by atoms with Gasteiger partial charge in [0.25, 0.3) is 0 Å². The standard InChI is InChI=1S/C8H9.C7H16.Na/c1-7-5-3-4-6-8(7)2;1-4-5-6-7(2)3;/h3,5-6H,1-2H3;7H,4-6H2,1-3H3;/q-1;;+1. The molecule has 0 fully saturated rings. The van der Waals surface area contributed by atoms with Crippen LogP contribution in [-0.4, -0.2) is 0 Å². The molecule has 0 heterocycles. The van der Waals surface area contributed by atoms with Crippen molar-refractivity contribution in [2.24, 2.45) is 5.92 Å². The van der Waals surface area contributed by atoms with Crippen LogP contribution < -0.4 is 29.6 Å². The first-order chi connectivity index (χ1) is 7.07. The summed E-state index contributed by atoms with van der Waals surface area (Å²) in [7, 11) is 0. The molecule has 0 saturated carbocycles. The maximum atomic E-state index is 3.00. The predicted molar refractivity (Wildman–Crippen MR) is 69.1 cm³/mol. The van der Waals surface area contributed by atoms with Crippen molar-refractivity contribution in [3.8, 4) is 0 Å². The number of benzene rings is 1. The van der Waals surface area contributed by atoms with E-state index in [0.29, 0.717) is 0 Å². The first-order valence-corrected chi connectivity index (χ1v) is 6.01. The van der Waals surface area contributed by atoms with E-state index in [1.807, 2.05) is 12.1 Å². The molecule has 0 aliphatic carbocycles. The number of hydrogen-bond acceptors (Lipinski definition) is 0. The van der Waals surface area contributed by atoms with Crippen molar-refractivity contribution in [1.29, 1.82) is 0 Å². The summed E-state index contributed by atoms with van der Waals surface area (Å²) >= 11 is 0. The summed E-state index contributed by atoms with van der Waals surface area (Å²) in [6, 6.07) is 8.99. The van der Waals surface area contributed by atoms with Crippen LogP contribution >= 0.6 is 0 Å². The van der Waals surface area contributed by atoms with Gasteiger partial charge in [0.2, 0.25) is 0 Å². The van der Waals surface area contributed by atoms with Crippen molar-refractivity contribution in [1.82, 2.24) is 0 Å². The van der Waals surface area contributed by atoms with Crippen LogP contribution in [0.15, 0.2) is 18.2 Å². The molecule has 0 saturated heterocycles. The van der Waals surface area contributed by atoms with Gasteiger partial charge in [0.15, 0.2) is 0 Å². The number of hydrogen-bond donors (Lipinski definition) is 0. The quantitative estimate of drug-likeness (QED) is 0.548. The summed E-state index contributed by atoms with van der Waals surface area (Å²) in [6.07, 6.45) is 4.15. The maximum Gasteiger partial charge on any atom is 1.00 e. The summed E-state index contributed by atoms with van der Waals surface area (Å²) in [4.78, 5) is 0. The molecule has 0 aliphatic heterocycles. The van der Waals surface area contributed by atoms with Gasteiger partial charge in [-0.2, -0.15) is 35.4 Å². The number of rotatable bonds is 3. The fourth-order valence-corrected chi connectivity index (χ4v) is 1.20. The second-order valence-corrected chi connectivity index (χ2v) is 4.55.